The largest absolute Gasteiger partial charge is 0.313 e. The highest BCUT2D eigenvalue weighted by Gasteiger charge is 2.26. The third-order valence-electron chi connectivity index (χ3n) is 4.16. The minimum atomic E-state index is -0.642. The van der Waals surface area contributed by atoms with Gasteiger partial charge in [0.25, 0.3) is 0 Å². The van der Waals surface area contributed by atoms with E-state index in [0.717, 1.165) is 30.4 Å². The lowest BCUT2D eigenvalue weighted by atomic mass is 10.00. The lowest BCUT2D eigenvalue weighted by molar-refractivity contribution is 0.385. The molecule has 1 aliphatic rings. The van der Waals surface area contributed by atoms with Crippen LogP contribution in [-0.2, 0) is 10.8 Å². The summed E-state index contributed by atoms with van der Waals surface area (Å²) in [6, 6.07) is 0.498. The monoisotopic (exact) mass is 273 g/mol. The van der Waals surface area contributed by atoms with Crippen LogP contribution in [0.2, 0.25) is 0 Å². The highest BCUT2D eigenvalue weighted by Crippen LogP contribution is 2.28. The van der Waals surface area contributed by atoms with E-state index in [1.54, 1.807) is 0 Å². The number of hydrogen-bond acceptors (Lipinski definition) is 2. The highest BCUT2D eigenvalue weighted by atomic mass is 32.2. The third kappa shape index (κ3) is 5.83. The van der Waals surface area contributed by atoms with Crippen LogP contribution in [-0.4, -0.2) is 28.3 Å². The smallest absolute Gasteiger partial charge is 0.0391 e. The maximum Gasteiger partial charge on any atom is 0.0391 e. The molecule has 0 aliphatic heterocycles. The summed E-state index contributed by atoms with van der Waals surface area (Å²) in [4.78, 5) is 0. The van der Waals surface area contributed by atoms with Crippen LogP contribution in [0.4, 0.5) is 0 Å². The van der Waals surface area contributed by atoms with Gasteiger partial charge in [0.15, 0.2) is 0 Å². The molecule has 1 fully saturated rings. The molecule has 108 valence electrons. The van der Waals surface area contributed by atoms with Gasteiger partial charge in [0.2, 0.25) is 0 Å². The van der Waals surface area contributed by atoms with Gasteiger partial charge in [-0.2, -0.15) is 0 Å². The first-order chi connectivity index (χ1) is 8.67. The molecule has 1 rings (SSSR count). The fraction of sp³-hybridized carbons (Fsp3) is 1.00. The highest BCUT2D eigenvalue weighted by molar-refractivity contribution is 7.85. The van der Waals surface area contributed by atoms with E-state index in [2.05, 4.69) is 26.1 Å². The van der Waals surface area contributed by atoms with Gasteiger partial charge in [-0.05, 0) is 37.6 Å². The number of rotatable bonds is 9. The summed E-state index contributed by atoms with van der Waals surface area (Å²) >= 11 is 0. The second-order valence-electron chi connectivity index (χ2n) is 5.89. The molecule has 0 bridgehead atoms. The summed E-state index contributed by atoms with van der Waals surface area (Å²) in [5.41, 5.74) is 0. The minimum absolute atomic E-state index is 0.498. The number of nitrogens with one attached hydrogen (secondary N) is 1. The Morgan fingerprint density at radius 1 is 1.22 bits per heavy atom. The Hall–Kier alpha value is 0.110. The average molecular weight is 273 g/mol. The molecular formula is C15H31NOS. The van der Waals surface area contributed by atoms with Gasteiger partial charge in [-0.3, -0.25) is 4.21 Å². The fourth-order valence-electron chi connectivity index (χ4n) is 2.75. The first kappa shape index (κ1) is 16.2. The van der Waals surface area contributed by atoms with Crippen LogP contribution < -0.4 is 5.32 Å². The minimum Gasteiger partial charge on any atom is -0.313 e. The lowest BCUT2D eigenvalue weighted by Gasteiger charge is -2.25. The van der Waals surface area contributed by atoms with Gasteiger partial charge in [-0.15, -0.1) is 0 Å². The second-order valence-corrected chi connectivity index (χ2v) is 7.44. The molecule has 3 heteroatoms. The predicted molar refractivity (Wildman–Crippen MR) is 81.4 cm³/mol. The van der Waals surface area contributed by atoms with Crippen LogP contribution in [0, 0.1) is 11.8 Å². The van der Waals surface area contributed by atoms with Crippen molar-refractivity contribution in [2.45, 2.75) is 65.3 Å². The van der Waals surface area contributed by atoms with Gasteiger partial charge in [0.1, 0.15) is 0 Å². The van der Waals surface area contributed by atoms with E-state index >= 15 is 0 Å². The standard InChI is InChI=1S/C15H31NOS/c1-4-10-16-15(14-8-6-7-9-14)12-18(17)11-13(3)5-2/h13-16H,4-12H2,1-3H3. The van der Waals surface area contributed by atoms with Crippen molar-refractivity contribution < 1.29 is 4.21 Å². The van der Waals surface area contributed by atoms with E-state index < -0.39 is 10.8 Å². The van der Waals surface area contributed by atoms with Gasteiger partial charge < -0.3 is 5.32 Å². The average Bonchev–Trinajstić information content (AvgIpc) is 2.87. The Morgan fingerprint density at radius 2 is 1.89 bits per heavy atom. The predicted octanol–water partition coefficient (Wildman–Crippen LogP) is 3.34. The Morgan fingerprint density at radius 3 is 2.44 bits per heavy atom. The molecule has 3 unspecified atom stereocenters. The van der Waals surface area contributed by atoms with Crippen LogP contribution in [0.5, 0.6) is 0 Å². The topological polar surface area (TPSA) is 29.1 Å². The molecule has 1 aliphatic carbocycles. The first-order valence-electron chi connectivity index (χ1n) is 7.75. The molecule has 1 N–H and O–H groups in total. The number of hydrogen-bond donors (Lipinski definition) is 1. The van der Waals surface area contributed by atoms with E-state index in [-0.39, 0.29) is 0 Å². The molecule has 1 saturated carbocycles. The van der Waals surface area contributed by atoms with Gasteiger partial charge in [0, 0.05) is 28.3 Å². The van der Waals surface area contributed by atoms with E-state index in [1.165, 1.54) is 32.1 Å². The van der Waals surface area contributed by atoms with Gasteiger partial charge in [-0.1, -0.05) is 40.0 Å². The van der Waals surface area contributed by atoms with Gasteiger partial charge >= 0.3 is 0 Å². The zero-order valence-electron chi connectivity index (χ0n) is 12.4. The van der Waals surface area contributed by atoms with Crippen LogP contribution in [0.15, 0.2) is 0 Å². The summed E-state index contributed by atoms with van der Waals surface area (Å²) in [5.74, 6) is 3.13. The van der Waals surface area contributed by atoms with Crippen molar-refractivity contribution in [1.82, 2.24) is 5.32 Å². The summed E-state index contributed by atoms with van der Waals surface area (Å²) in [5, 5.41) is 3.64. The van der Waals surface area contributed by atoms with Crippen LogP contribution >= 0.6 is 0 Å². The third-order valence-corrected chi connectivity index (χ3v) is 5.83. The normalized spacial score (nSPS) is 21.9. The van der Waals surface area contributed by atoms with E-state index in [0.29, 0.717) is 12.0 Å². The summed E-state index contributed by atoms with van der Waals surface area (Å²) < 4.78 is 12.2. The molecule has 0 spiro atoms. The maximum absolute atomic E-state index is 12.2. The van der Waals surface area contributed by atoms with E-state index in [9.17, 15) is 4.21 Å². The SMILES string of the molecule is CCCNC(CS(=O)CC(C)CC)C1CCCC1. The van der Waals surface area contributed by atoms with Crippen molar-refractivity contribution in [2.24, 2.45) is 11.8 Å². The molecule has 3 atom stereocenters. The van der Waals surface area contributed by atoms with Gasteiger partial charge in [-0.25, -0.2) is 0 Å². The first-order valence-corrected chi connectivity index (χ1v) is 9.24. The fourth-order valence-corrected chi connectivity index (χ4v) is 4.55. The van der Waals surface area contributed by atoms with Gasteiger partial charge in [0.05, 0.1) is 0 Å². The van der Waals surface area contributed by atoms with Crippen molar-refractivity contribution in [1.29, 1.82) is 0 Å². The Balaban J connectivity index is 2.41. The van der Waals surface area contributed by atoms with Crippen LogP contribution in [0.3, 0.4) is 0 Å². The molecule has 18 heavy (non-hydrogen) atoms. The van der Waals surface area contributed by atoms with Crippen molar-refractivity contribution >= 4 is 10.8 Å². The summed E-state index contributed by atoms with van der Waals surface area (Å²) in [7, 11) is -0.642. The lowest BCUT2D eigenvalue weighted by Crippen LogP contribution is -2.40. The zero-order chi connectivity index (χ0) is 13.4. The zero-order valence-corrected chi connectivity index (χ0v) is 13.2. The second kappa shape index (κ2) is 9.08. The molecule has 0 aromatic carbocycles. The molecule has 0 saturated heterocycles. The van der Waals surface area contributed by atoms with Crippen LogP contribution in [0.1, 0.15) is 59.3 Å². The Bertz CT molecular complexity index is 239. The van der Waals surface area contributed by atoms with Crippen LogP contribution in [0.25, 0.3) is 0 Å². The Labute approximate surface area is 116 Å². The Kier molecular flexibility index (Phi) is 8.16. The van der Waals surface area contributed by atoms with Crippen molar-refractivity contribution in [2.75, 3.05) is 18.1 Å². The van der Waals surface area contributed by atoms with Crippen molar-refractivity contribution in [3.8, 4) is 0 Å². The van der Waals surface area contributed by atoms with E-state index in [1.807, 2.05) is 0 Å². The van der Waals surface area contributed by atoms with E-state index in [4.69, 9.17) is 0 Å². The summed E-state index contributed by atoms with van der Waals surface area (Å²) in [6.07, 6.45) is 7.72. The molecule has 0 radical (unpaired) electrons. The molecule has 2 nitrogen and oxygen atoms in total. The quantitative estimate of drug-likeness (QED) is 0.698. The maximum atomic E-state index is 12.2. The molecule has 0 aromatic rings. The van der Waals surface area contributed by atoms with Crippen molar-refractivity contribution in [3.63, 3.8) is 0 Å². The molecule has 0 heterocycles. The van der Waals surface area contributed by atoms with Crippen molar-refractivity contribution in [3.05, 3.63) is 0 Å². The summed E-state index contributed by atoms with van der Waals surface area (Å²) in [6.45, 7) is 7.67. The molecule has 0 amide bonds. The molecular weight excluding hydrogens is 242 g/mol. The molecule has 0 aromatic heterocycles.